The molecule has 0 saturated carbocycles. The van der Waals surface area contributed by atoms with Gasteiger partial charge in [-0.25, -0.2) is 9.59 Å². The normalized spacial score (nSPS) is 9.88. The molecule has 8 heteroatoms. The minimum absolute atomic E-state index is 0.371. The third kappa shape index (κ3) is 10.7. The van der Waals surface area contributed by atoms with Gasteiger partial charge in [0.2, 0.25) is 0 Å². The molecule has 0 aromatic carbocycles. The quantitative estimate of drug-likeness (QED) is 0.506. The van der Waals surface area contributed by atoms with Crippen molar-refractivity contribution in [3.63, 3.8) is 0 Å². The van der Waals surface area contributed by atoms with Crippen molar-refractivity contribution in [2.24, 2.45) is 0 Å². The number of carbonyl (C=O) groups excluding carboxylic acids is 2. The van der Waals surface area contributed by atoms with Gasteiger partial charge in [-0.05, 0) is 47.0 Å². The minimum atomic E-state index is -0.477. The molecule has 0 aliphatic carbocycles. The second kappa shape index (κ2) is 11.7. The van der Waals surface area contributed by atoms with Gasteiger partial charge < -0.3 is 9.47 Å². The Balaban J connectivity index is 3.10. The van der Waals surface area contributed by atoms with Crippen LogP contribution in [0, 0.1) is 0 Å². The van der Waals surface area contributed by atoms with Crippen molar-refractivity contribution >= 4 is 53.9 Å². The lowest BCUT2D eigenvalue weighted by molar-refractivity contribution is 0.167. The van der Waals surface area contributed by atoms with Gasteiger partial charge in [0, 0.05) is 0 Å². The molecule has 0 saturated heterocycles. The van der Waals surface area contributed by atoms with Gasteiger partial charge in [-0.1, -0.05) is 0 Å². The number of hydrogen-bond acceptors (Lipinski definition) is 6. The van der Waals surface area contributed by atoms with Gasteiger partial charge >= 0.3 is 10.6 Å². The zero-order valence-corrected chi connectivity index (χ0v) is 11.6. The lowest BCUT2D eigenvalue weighted by atomic mass is 10.2. The Bertz CT molecular complexity index is 194. The number of hydrogen-bond donors (Lipinski definition) is 0. The van der Waals surface area contributed by atoms with Crippen molar-refractivity contribution in [1.82, 2.24) is 0 Å². The minimum Gasteiger partial charge on any atom is -0.457 e. The van der Waals surface area contributed by atoms with Crippen LogP contribution in [0.2, 0.25) is 0 Å². The standard InChI is InChI=1S/C8H12Cl2O4S2/c9-15-7(11)13-5-3-1-2-4-6-14-8(12)16-10/h1-6H2. The van der Waals surface area contributed by atoms with Crippen molar-refractivity contribution in [2.75, 3.05) is 13.2 Å². The predicted octanol–water partition coefficient (Wildman–Crippen LogP) is 4.59. The topological polar surface area (TPSA) is 52.6 Å². The summed E-state index contributed by atoms with van der Waals surface area (Å²) in [6, 6.07) is 0. The Morgan fingerprint density at radius 3 is 1.50 bits per heavy atom. The molecule has 94 valence electrons. The fraction of sp³-hybridized carbons (Fsp3) is 0.750. The summed E-state index contributed by atoms with van der Waals surface area (Å²) in [6.45, 7) is 0.742. The molecule has 0 aliphatic heterocycles. The van der Waals surface area contributed by atoms with E-state index in [2.05, 4.69) is 0 Å². The van der Waals surface area contributed by atoms with E-state index in [1.165, 1.54) is 0 Å². The highest BCUT2D eigenvalue weighted by Crippen LogP contribution is 2.12. The van der Waals surface area contributed by atoms with E-state index in [1.807, 2.05) is 0 Å². The summed E-state index contributed by atoms with van der Waals surface area (Å²) in [6.07, 6.45) is 3.38. The first kappa shape index (κ1) is 16.2. The maximum Gasteiger partial charge on any atom is 0.382 e. The number of unbranched alkanes of at least 4 members (excludes halogenated alkanes) is 3. The summed E-state index contributed by atoms with van der Waals surface area (Å²) in [5, 5.41) is -0.954. The third-order valence-electron chi connectivity index (χ3n) is 1.60. The highest BCUT2D eigenvalue weighted by molar-refractivity contribution is 8.32. The summed E-state index contributed by atoms with van der Waals surface area (Å²) in [4.78, 5) is 21.2. The average molecular weight is 307 g/mol. The van der Waals surface area contributed by atoms with E-state index in [-0.39, 0.29) is 0 Å². The van der Waals surface area contributed by atoms with Crippen LogP contribution in [0.4, 0.5) is 9.59 Å². The van der Waals surface area contributed by atoms with Gasteiger partial charge in [0.15, 0.2) is 0 Å². The Kier molecular flexibility index (Phi) is 11.9. The molecule has 16 heavy (non-hydrogen) atoms. The number of ether oxygens (including phenoxy) is 2. The Morgan fingerprint density at radius 2 is 1.19 bits per heavy atom. The van der Waals surface area contributed by atoms with Crippen molar-refractivity contribution in [3.05, 3.63) is 0 Å². The highest BCUT2D eigenvalue weighted by atomic mass is 35.7. The van der Waals surface area contributed by atoms with Gasteiger partial charge in [-0.15, -0.1) is 0 Å². The monoisotopic (exact) mass is 306 g/mol. The largest absolute Gasteiger partial charge is 0.457 e. The van der Waals surface area contributed by atoms with Crippen LogP contribution in [-0.4, -0.2) is 23.8 Å². The fourth-order valence-electron chi connectivity index (χ4n) is 0.913. The van der Waals surface area contributed by atoms with Crippen molar-refractivity contribution < 1.29 is 19.1 Å². The molecule has 0 heterocycles. The zero-order chi connectivity index (χ0) is 12.2. The lowest BCUT2D eigenvalue weighted by Crippen LogP contribution is -2.00. The first-order valence-electron chi connectivity index (χ1n) is 4.61. The number of halogens is 2. The molecular formula is C8H12Cl2O4S2. The maximum absolute atomic E-state index is 10.6. The predicted molar refractivity (Wildman–Crippen MR) is 68.1 cm³/mol. The lowest BCUT2D eigenvalue weighted by Gasteiger charge is -2.03. The van der Waals surface area contributed by atoms with Gasteiger partial charge in [-0.2, -0.15) is 0 Å². The van der Waals surface area contributed by atoms with Gasteiger partial charge in [0.05, 0.1) is 35.2 Å². The van der Waals surface area contributed by atoms with Crippen molar-refractivity contribution in [3.8, 4) is 0 Å². The first-order valence-corrected chi connectivity index (χ1v) is 7.90. The van der Waals surface area contributed by atoms with Crippen molar-refractivity contribution in [1.29, 1.82) is 0 Å². The van der Waals surface area contributed by atoms with Crippen LogP contribution in [0.1, 0.15) is 25.7 Å². The Morgan fingerprint density at radius 1 is 0.812 bits per heavy atom. The molecule has 0 aromatic rings. The molecule has 0 bridgehead atoms. The molecular weight excluding hydrogens is 295 g/mol. The maximum atomic E-state index is 10.6. The van der Waals surface area contributed by atoms with E-state index in [4.69, 9.17) is 30.8 Å². The fourth-order valence-corrected chi connectivity index (χ4v) is 1.44. The number of rotatable bonds is 7. The van der Waals surface area contributed by atoms with Crippen LogP contribution in [-0.2, 0) is 9.47 Å². The van der Waals surface area contributed by atoms with E-state index in [1.54, 1.807) is 0 Å². The van der Waals surface area contributed by atoms with Gasteiger partial charge in [0.25, 0.3) is 0 Å². The zero-order valence-electron chi connectivity index (χ0n) is 8.45. The molecule has 0 N–H and O–H groups in total. The van der Waals surface area contributed by atoms with Gasteiger partial charge in [-0.3, -0.25) is 0 Å². The molecule has 0 atom stereocenters. The van der Waals surface area contributed by atoms with Crippen LogP contribution < -0.4 is 0 Å². The molecule has 0 amide bonds. The van der Waals surface area contributed by atoms with E-state index < -0.39 is 10.6 Å². The molecule has 0 rings (SSSR count). The Hall–Kier alpha value is 0.220. The van der Waals surface area contributed by atoms with Crippen LogP contribution >= 0.6 is 43.3 Å². The molecule has 0 aromatic heterocycles. The van der Waals surface area contributed by atoms with E-state index in [9.17, 15) is 9.59 Å². The smallest absolute Gasteiger partial charge is 0.382 e. The van der Waals surface area contributed by atoms with Gasteiger partial charge in [0.1, 0.15) is 0 Å². The summed E-state index contributed by atoms with van der Waals surface area (Å²) >= 11 is 0. The summed E-state index contributed by atoms with van der Waals surface area (Å²) in [7, 11) is 11.4. The molecule has 0 radical (unpaired) electrons. The van der Waals surface area contributed by atoms with E-state index in [0.717, 1.165) is 25.7 Å². The van der Waals surface area contributed by atoms with E-state index in [0.29, 0.717) is 35.2 Å². The molecule has 0 unspecified atom stereocenters. The van der Waals surface area contributed by atoms with Crippen molar-refractivity contribution in [2.45, 2.75) is 25.7 Å². The van der Waals surface area contributed by atoms with E-state index >= 15 is 0 Å². The van der Waals surface area contributed by atoms with Crippen LogP contribution in [0.3, 0.4) is 0 Å². The molecule has 0 aliphatic rings. The van der Waals surface area contributed by atoms with Crippen LogP contribution in [0.25, 0.3) is 0 Å². The Labute approximate surface area is 112 Å². The number of carbonyl (C=O) groups is 2. The molecule has 0 fully saturated rings. The SMILES string of the molecule is O=C(OCCCCCCOC(=O)SCl)SCl. The van der Waals surface area contributed by atoms with Crippen LogP contribution in [0.5, 0.6) is 0 Å². The summed E-state index contributed by atoms with van der Waals surface area (Å²) in [5.74, 6) is 0. The average Bonchev–Trinajstić information content (AvgIpc) is 2.31. The summed E-state index contributed by atoms with van der Waals surface area (Å²) < 4.78 is 9.48. The summed E-state index contributed by atoms with van der Waals surface area (Å²) in [5.41, 5.74) is 0. The second-order valence-electron chi connectivity index (χ2n) is 2.77. The third-order valence-corrected chi connectivity index (χ3v) is 2.85. The van der Waals surface area contributed by atoms with Crippen LogP contribution in [0.15, 0.2) is 0 Å². The second-order valence-corrected chi connectivity index (χ2v) is 4.67. The first-order chi connectivity index (χ1) is 7.70. The molecule has 0 spiro atoms. The highest BCUT2D eigenvalue weighted by Gasteiger charge is 2.01. The molecule has 4 nitrogen and oxygen atoms in total.